The van der Waals surface area contributed by atoms with Crippen molar-refractivity contribution < 1.29 is 9.18 Å². The normalized spacial score (nSPS) is 14.7. The molecule has 0 radical (unpaired) electrons. The molecule has 0 spiro atoms. The van der Waals surface area contributed by atoms with Crippen LogP contribution in [-0.4, -0.2) is 38.5 Å². The van der Waals surface area contributed by atoms with Gasteiger partial charge in [0.25, 0.3) is 5.91 Å². The van der Waals surface area contributed by atoms with E-state index in [9.17, 15) is 9.18 Å². The van der Waals surface area contributed by atoms with Crippen molar-refractivity contribution in [3.8, 4) is 0 Å². The number of guanidine groups is 1. The number of nitrogens with zero attached hydrogens (tertiary/aromatic N) is 1. The van der Waals surface area contributed by atoms with Gasteiger partial charge in [0, 0.05) is 32.1 Å². The molecule has 152 valence electrons. The van der Waals surface area contributed by atoms with Crippen molar-refractivity contribution in [3.63, 3.8) is 0 Å². The van der Waals surface area contributed by atoms with Crippen molar-refractivity contribution >= 4 is 47.2 Å². The Morgan fingerprint density at radius 1 is 1.14 bits per heavy atom. The van der Waals surface area contributed by atoms with Gasteiger partial charge < -0.3 is 16.0 Å². The molecule has 0 aliphatic heterocycles. The predicted molar refractivity (Wildman–Crippen MR) is 123 cm³/mol. The molecular formula is C20H26FIN4OS. The summed E-state index contributed by atoms with van der Waals surface area (Å²) < 4.78 is 14.1. The Labute approximate surface area is 186 Å². The van der Waals surface area contributed by atoms with Crippen LogP contribution in [0.15, 0.2) is 46.8 Å². The molecular weight excluding hydrogens is 490 g/mol. The molecule has 3 rings (SSSR count). The number of aliphatic imine (C=N–C) groups is 1. The maximum atomic E-state index is 14.1. The number of hydrogen-bond acceptors (Lipinski definition) is 3. The Morgan fingerprint density at radius 3 is 2.54 bits per heavy atom. The van der Waals surface area contributed by atoms with Gasteiger partial charge in [0.05, 0.1) is 4.88 Å². The van der Waals surface area contributed by atoms with Crippen molar-refractivity contribution in [1.29, 1.82) is 0 Å². The topological polar surface area (TPSA) is 65.5 Å². The summed E-state index contributed by atoms with van der Waals surface area (Å²) in [5.41, 5.74) is 0.654. The number of hydrogen-bond donors (Lipinski definition) is 3. The summed E-state index contributed by atoms with van der Waals surface area (Å²) in [5, 5.41) is 11.3. The average Bonchev–Trinajstić information content (AvgIpc) is 3.25. The van der Waals surface area contributed by atoms with Gasteiger partial charge in [-0.1, -0.05) is 24.3 Å². The van der Waals surface area contributed by atoms with Crippen LogP contribution in [-0.2, 0) is 5.41 Å². The largest absolute Gasteiger partial charge is 0.356 e. The molecule has 0 saturated heterocycles. The molecule has 8 heteroatoms. The number of benzene rings is 1. The van der Waals surface area contributed by atoms with Crippen molar-refractivity contribution in [1.82, 2.24) is 16.0 Å². The fourth-order valence-electron chi connectivity index (χ4n) is 3.05. The smallest absolute Gasteiger partial charge is 0.261 e. The van der Waals surface area contributed by atoms with Crippen LogP contribution in [0.1, 0.15) is 34.5 Å². The Bertz CT molecular complexity index is 793. The first-order valence-electron chi connectivity index (χ1n) is 9.16. The Hall–Kier alpha value is -1.68. The van der Waals surface area contributed by atoms with Gasteiger partial charge >= 0.3 is 0 Å². The summed E-state index contributed by atoms with van der Waals surface area (Å²) in [7, 11) is 1.72. The van der Waals surface area contributed by atoms with Gasteiger partial charge in [0.2, 0.25) is 0 Å². The van der Waals surface area contributed by atoms with Crippen LogP contribution in [0.2, 0.25) is 0 Å². The summed E-state index contributed by atoms with van der Waals surface area (Å²) in [6.07, 6.45) is 2.75. The summed E-state index contributed by atoms with van der Waals surface area (Å²) in [6.45, 7) is 1.94. The minimum Gasteiger partial charge on any atom is -0.356 e. The van der Waals surface area contributed by atoms with Gasteiger partial charge in [0.1, 0.15) is 5.82 Å². The van der Waals surface area contributed by atoms with Crippen molar-refractivity contribution in [2.24, 2.45) is 4.99 Å². The second kappa shape index (κ2) is 10.8. The number of nitrogens with one attached hydrogen (secondary N) is 3. The zero-order chi connectivity index (χ0) is 19.1. The molecule has 1 aliphatic carbocycles. The zero-order valence-electron chi connectivity index (χ0n) is 15.8. The summed E-state index contributed by atoms with van der Waals surface area (Å²) in [4.78, 5) is 16.8. The lowest BCUT2D eigenvalue weighted by Crippen LogP contribution is -2.42. The highest BCUT2D eigenvalue weighted by Crippen LogP contribution is 2.48. The molecule has 1 fully saturated rings. The van der Waals surface area contributed by atoms with Crippen LogP contribution in [0.25, 0.3) is 0 Å². The van der Waals surface area contributed by atoms with Crippen LogP contribution in [0, 0.1) is 5.82 Å². The molecule has 0 bridgehead atoms. The van der Waals surface area contributed by atoms with Crippen molar-refractivity contribution in [3.05, 3.63) is 58.0 Å². The minimum atomic E-state index is -0.138. The summed E-state index contributed by atoms with van der Waals surface area (Å²) in [5.74, 6) is 0.525. The minimum absolute atomic E-state index is 0. The van der Waals surface area contributed by atoms with Crippen molar-refractivity contribution in [2.45, 2.75) is 24.7 Å². The monoisotopic (exact) mass is 516 g/mol. The molecule has 28 heavy (non-hydrogen) atoms. The molecule has 1 amide bonds. The van der Waals surface area contributed by atoms with E-state index in [0.29, 0.717) is 25.6 Å². The van der Waals surface area contributed by atoms with E-state index in [0.717, 1.165) is 29.7 Å². The Balaban J connectivity index is 0.00000280. The van der Waals surface area contributed by atoms with Crippen LogP contribution in [0.5, 0.6) is 0 Å². The maximum absolute atomic E-state index is 14.1. The molecule has 3 N–H and O–H groups in total. The zero-order valence-corrected chi connectivity index (χ0v) is 19.0. The van der Waals surface area contributed by atoms with Crippen LogP contribution in [0.3, 0.4) is 0 Å². The highest BCUT2D eigenvalue weighted by atomic mass is 127. The Morgan fingerprint density at radius 2 is 1.89 bits per heavy atom. The summed E-state index contributed by atoms with van der Waals surface area (Å²) in [6, 6.07) is 10.7. The lowest BCUT2D eigenvalue weighted by Gasteiger charge is -2.19. The fourth-order valence-corrected chi connectivity index (χ4v) is 3.69. The number of halogens is 2. The predicted octanol–water partition coefficient (Wildman–Crippen LogP) is 3.52. The number of rotatable bonds is 8. The van der Waals surface area contributed by atoms with E-state index >= 15 is 0 Å². The third kappa shape index (κ3) is 5.91. The van der Waals surface area contributed by atoms with E-state index in [2.05, 4.69) is 20.9 Å². The van der Waals surface area contributed by atoms with Gasteiger partial charge in [-0.2, -0.15) is 0 Å². The van der Waals surface area contributed by atoms with Gasteiger partial charge in [-0.05, 0) is 42.3 Å². The molecule has 2 aromatic rings. The molecule has 1 aromatic carbocycles. The Kier molecular flexibility index (Phi) is 8.68. The number of carbonyl (C=O) groups is 1. The SMILES string of the molecule is CN=C(NCCCNC(=O)c1cccs1)NCC1(c2ccccc2F)CC1.I. The van der Waals surface area contributed by atoms with Gasteiger partial charge in [-0.15, -0.1) is 35.3 Å². The maximum Gasteiger partial charge on any atom is 0.261 e. The van der Waals surface area contributed by atoms with Gasteiger partial charge in [-0.3, -0.25) is 9.79 Å². The van der Waals surface area contributed by atoms with E-state index in [1.54, 1.807) is 13.1 Å². The average molecular weight is 516 g/mol. The van der Waals surface area contributed by atoms with Crippen LogP contribution >= 0.6 is 35.3 Å². The molecule has 0 atom stereocenters. The molecule has 1 heterocycles. The highest BCUT2D eigenvalue weighted by molar-refractivity contribution is 14.0. The van der Waals surface area contributed by atoms with E-state index < -0.39 is 0 Å². The second-order valence-electron chi connectivity index (χ2n) is 6.70. The third-order valence-electron chi connectivity index (χ3n) is 4.79. The number of carbonyl (C=O) groups excluding carboxylic acids is 1. The van der Waals surface area contributed by atoms with E-state index in [-0.39, 0.29) is 41.1 Å². The van der Waals surface area contributed by atoms with Crippen molar-refractivity contribution in [2.75, 3.05) is 26.7 Å². The first-order chi connectivity index (χ1) is 13.1. The quantitative estimate of drug-likeness (QED) is 0.218. The van der Waals surface area contributed by atoms with E-state index in [4.69, 9.17) is 0 Å². The molecule has 0 unspecified atom stereocenters. The molecule has 5 nitrogen and oxygen atoms in total. The van der Waals surface area contributed by atoms with Gasteiger partial charge in [-0.25, -0.2) is 4.39 Å². The first-order valence-corrected chi connectivity index (χ1v) is 10.0. The molecule has 1 aromatic heterocycles. The number of thiophene rings is 1. The first kappa shape index (κ1) is 22.6. The van der Waals surface area contributed by atoms with Crippen LogP contribution in [0.4, 0.5) is 4.39 Å². The fraction of sp³-hybridized carbons (Fsp3) is 0.400. The van der Waals surface area contributed by atoms with Crippen LogP contribution < -0.4 is 16.0 Å². The lowest BCUT2D eigenvalue weighted by atomic mass is 9.95. The number of amides is 1. The highest BCUT2D eigenvalue weighted by Gasteiger charge is 2.45. The second-order valence-corrected chi connectivity index (χ2v) is 7.65. The molecule has 1 aliphatic rings. The van der Waals surface area contributed by atoms with E-state index in [1.165, 1.54) is 17.4 Å². The lowest BCUT2D eigenvalue weighted by molar-refractivity contribution is 0.0957. The third-order valence-corrected chi connectivity index (χ3v) is 5.66. The molecule has 1 saturated carbocycles. The standard InChI is InChI=1S/C20H25FN4OS.HI/c1-22-19(24-12-5-11-23-18(26)17-8-4-13-27-17)25-14-20(9-10-20)15-6-2-3-7-16(15)21;/h2-4,6-8,13H,5,9-12,14H2,1H3,(H,23,26)(H2,22,24,25);1H. The van der Waals surface area contributed by atoms with Gasteiger partial charge in [0.15, 0.2) is 5.96 Å². The summed E-state index contributed by atoms with van der Waals surface area (Å²) >= 11 is 1.43. The van der Waals surface area contributed by atoms with E-state index in [1.807, 2.05) is 29.6 Å².